The molecule has 0 unspecified atom stereocenters. The van der Waals surface area contributed by atoms with E-state index in [1.165, 1.54) is 37.4 Å². The predicted molar refractivity (Wildman–Crippen MR) is 85.4 cm³/mol. The average Bonchev–Trinajstić information content (AvgIpc) is 2.53. The van der Waals surface area contributed by atoms with Crippen LogP contribution >= 0.6 is 11.6 Å². The lowest BCUT2D eigenvalue weighted by Gasteiger charge is -2.11. The van der Waals surface area contributed by atoms with E-state index in [1.54, 1.807) is 12.1 Å². The Hall–Kier alpha value is -2.60. The summed E-state index contributed by atoms with van der Waals surface area (Å²) < 4.78 is 18.6. The molecule has 5 nitrogen and oxygen atoms in total. The first-order valence-corrected chi connectivity index (χ1v) is 7.05. The van der Waals surface area contributed by atoms with Gasteiger partial charge in [0.05, 0.1) is 24.9 Å². The number of benzene rings is 2. The summed E-state index contributed by atoms with van der Waals surface area (Å²) in [7, 11) is 1.46. The first-order chi connectivity index (χ1) is 11.0. The van der Waals surface area contributed by atoms with Gasteiger partial charge in [0.2, 0.25) is 5.91 Å². The second kappa shape index (κ2) is 7.60. The lowest BCUT2D eigenvalue weighted by atomic mass is 10.2. The van der Waals surface area contributed by atoms with E-state index in [1.807, 2.05) is 0 Å². The van der Waals surface area contributed by atoms with E-state index in [0.29, 0.717) is 16.5 Å². The van der Waals surface area contributed by atoms with Crippen LogP contribution in [0.1, 0.15) is 10.4 Å². The van der Waals surface area contributed by atoms with Crippen LogP contribution in [0.3, 0.4) is 0 Å². The number of nitrogens with one attached hydrogen (secondary N) is 2. The highest BCUT2D eigenvalue weighted by Crippen LogP contribution is 2.27. The van der Waals surface area contributed by atoms with Crippen molar-refractivity contribution >= 4 is 29.1 Å². The Balaban J connectivity index is 1.97. The number of hydrogen-bond donors (Lipinski definition) is 2. The van der Waals surface area contributed by atoms with Crippen LogP contribution in [-0.2, 0) is 4.79 Å². The Morgan fingerprint density at radius 1 is 1.22 bits per heavy atom. The van der Waals surface area contributed by atoms with Crippen molar-refractivity contribution < 1.29 is 18.7 Å². The second-order valence-electron chi connectivity index (χ2n) is 4.56. The molecule has 2 amide bonds. The van der Waals surface area contributed by atoms with Crippen molar-refractivity contribution in [2.75, 3.05) is 19.0 Å². The van der Waals surface area contributed by atoms with E-state index in [2.05, 4.69) is 10.6 Å². The number of rotatable bonds is 5. The topological polar surface area (TPSA) is 67.4 Å². The fourth-order valence-corrected chi connectivity index (χ4v) is 2.05. The Labute approximate surface area is 137 Å². The van der Waals surface area contributed by atoms with Crippen LogP contribution in [0.2, 0.25) is 5.02 Å². The van der Waals surface area contributed by atoms with Gasteiger partial charge in [-0.1, -0.05) is 23.7 Å². The summed E-state index contributed by atoms with van der Waals surface area (Å²) in [6.07, 6.45) is 0. The number of carbonyl (C=O) groups excluding carboxylic acids is 2. The summed E-state index contributed by atoms with van der Waals surface area (Å²) in [5.74, 6) is -1.38. The molecule has 2 aromatic carbocycles. The monoisotopic (exact) mass is 336 g/mol. The highest BCUT2D eigenvalue weighted by Gasteiger charge is 2.13. The minimum absolute atomic E-state index is 0.124. The maximum atomic E-state index is 13.5. The van der Waals surface area contributed by atoms with Crippen LogP contribution < -0.4 is 15.4 Å². The van der Waals surface area contributed by atoms with E-state index in [9.17, 15) is 14.0 Å². The van der Waals surface area contributed by atoms with Crippen molar-refractivity contribution in [2.45, 2.75) is 0 Å². The van der Waals surface area contributed by atoms with Gasteiger partial charge in [0.15, 0.2) is 0 Å². The Morgan fingerprint density at radius 3 is 2.65 bits per heavy atom. The summed E-state index contributed by atoms with van der Waals surface area (Å²) in [5, 5.41) is 5.34. The van der Waals surface area contributed by atoms with Crippen LogP contribution in [0.25, 0.3) is 0 Å². The van der Waals surface area contributed by atoms with E-state index >= 15 is 0 Å². The lowest BCUT2D eigenvalue weighted by Crippen LogP contribution is -2.33. The molecule has 2 rings (SSSR count). The molecule has 23 heavy (non-hydrogen) atoms. The van der Waals surface area contributed by atoms with Crippen molar-refractivity contribution in [1.82, 2.24) is 5.32 Å². The van der Waals surface area contributed by atoms with Gasteiger partial charge in [-0.15, -0.1) is 0 Å². The van der Waals surface area contributed by atoms with Crippen LogP contribution in [0.4, 0.5) is 10.1 Å². The fourth-order valence-electron chi connectivity index (χ4n) is 1.87. The molecule has 7 heteroatoms. The number of methoxy groups -OCH3 is 1. The predicted octanol–water partition coefficient (Wildman–Crippen LogP) is 2.86. The number of hydrogen-bond acceptors (Lipinski definition) is 3. The Bertz CT molecular complexity index is 737. The lowest BCUT2D eigenvalue weighted by molar-refractivity contribution is -0.115. The zero-order valence-electron chi connectivity index (χ0n) is 12.2. The summed E-state index contributed by atoms with van der Waals surface area (Å²) in [6.45, 7) is -0.317. The molecule has 0 aliphatic carbocycles. The molecule has 0 bridgehead atoms. The largest absolute Gasteiger partial charge is 0.495 e. The summed E-state index contributed by atoms with van der Waals surface area (Å²) in [6, 6.07) is 10.3. The number of amides is 2. The third-order valence-corrected chi connectivity index (χ3v) is 3.20. The van der Waals surface area contributed by atoms with Crippen molar-refractivity contribution in [1.29, 1.82) is 0 Å². The molecule has 0 fully saturated rings. The van der Waals surface area contributed by atoms with Crippen molar-refractivity contribution in [3.8, 4) is 5.75 Å². The summed E-state index contributed by atoms with van der Waals surface area (Å²) >= 11 is 5.86. The van der Waals surface area contributed by atoms with Gasteiger partial charge in [-0.2, -0.15) is 0 Å². The first-order valence-electron chi connectivity index (χ1n) is 6.67. The van der Waals surface area contributed by atoms with Crippen LogP contribution in [0, 0.1) is 5.82 Å². The maximum absolute atomic E-state index is 13.5. The molecule has 0 radical (unpaired) electrons. The van der Waals surface area contributed by atoms with Gasteiger partial charge in [0.25, 0.3) is 5.91 Å². The zero-order chi connectivity index (χ0) is 16.8. The van der Waals surface area contributed by atoms with Gasteiger partial charge < -0.3 is 15.4 Å². The van der Waals surface area contributed by atoms with Gasteiger partial charge >= 0.3 is 0 Å². The quantitative estimate of drug-likeness (QED) is 0.882. The van der Waals surface area contributed by atoms with Gasteiger partial charge in [-0.3, -0.25) is 9.59 Å². The highest BCUT2D eigenvalue weighted by atomic mass is 35.5. The molecule has 0 heterocycles. The van der Waals surface area contributed by atoms with E-state index in [4.69, 9.17) is 16.3 Å². The molecule has 0 saturated heterocycles. The van der Waals surface area contributed by atoms with E-state index in [0.717, 1.165) is 0 Å². The van der Waals surface area contributed by atoms with E-state index in [-0.39, 0.29) is 12.1 Å². The molecule has 2 aromatic rings. The molecule has 120 valence electrons. The molecular weight excluding hydrogens is 323 g/mol. The number of halogens is 2. The van der Waals surface area contributed by atoms with Crippen LogP contribution in [0.15, 0.2) is 42.5 Å². The number of carbonyl (C=O) groups is 2. The molecule has 0 saturated carbocycles. The van der Waals surface area contributed by atoms with Gasteiger partial charge in [0, 0.05) is 5.02 Å². The van der Waals surface area contributed by atoms with Crippen molar-refractivity contribution in [3.63, 3.8) is 0 Å². The van der Waals surface area contributed by atoms with Gasteiger partial charge in [0.1, 0.15) is 11.6 Å². The Kier molecular flexibility index (Phi) is 5.54. The number of anilines is 1. The molecular formula is C16H14ClFN2O3. The van der Waals surface area contributed by atoms with Crippen LogP contribution in [0.5, 0.6) is 5.75 Å². The number of ether oxygens (including phenoxy) is 1. The van der Waals surface area contributed by atoms with Gasteiger partial charge in [-0.05, 0) is 30.3 Å². The smallest absolute Gasteiger partial charge is 0.254 e. The SMILES string of the molecule is COc1ccc(Cl)cc1NC(=O)CNC(=O)c1ccccc1F. The highest BCUT2D eigenvalue weighted by molar-refractivity contribution is 6.31. The molecule has 0 spiro atoms. The van der Waals surface area contributed by atoms with Crippen LogP contribution in [-0.4, -0.2) is 25.5 Å². The first kappa shape index (κ1) is 16.8. The second-order valence-corrected chi connectivity index (χ2v) is 4.99. The fraction of sp³-hybridized carbons (Fsp3) is 0.125. The minimum atomic E-state index is -0.670. The van der Waals surface area contributed by atoms with Crippen molar-refractivity contribution in [2.24, 2.45) is 0 Å². The summed E-state index contributed by atoms with van der Waals surface area (Å²) in [5.41, 5.74) is 0.255. The van der Waals surface area contributed by atoms with Gasteiger partial charge in [-0.25, -0.2) is 4.39 Å². The third-order valence-electron chi connectivity index (χ3n) is 2.96. The van der Waals surface area contributed by atoms with E-state index < -0.39 is 17.6 Å². The molecule has 0 aliphatic heterocycles. The molecule has 0 atom stereocenters. The third kappa shape index (κ3) is 4.43. The molecule has 0 aliphatic rings. The standard InChI is InChI=1S/C16H14ClFN2O3/c1-23-14-7-6-10(17)8-13(14)20-15(21)9-19-16(22)11-4-2-3-5-12(11)18/h2-8H,9H2,1H3,(H,19,22)(H,20,21). The molecule has 0 aromatic heterocycles. The Morgan fingerprint density at radius 2 is 1.96 bits per heavy atom. The zero-order valence-corrected chi connectivity index (χ0v) is 13.0. The normalized spacial score (nSPS) is 10.0. The van der Waals surface area contributed by atoms with Crippen molar-refractivity contribution in [3.05, 3.63) is 58.9 Å². The maximum Gasteiger partial charge on any atom is 0.254 e. The summed E-state index contributed by atoms with van der Waals surface area (Å²) in [4.78, 5) is 23.7. The molecule has 2 N–H and O–H groups in total. The average molecular weight is 337 g/mol. The minimum Gasteiger partial charge on any atom is -0.495 e.